The minimum atomic E-state index is -0.522. The maximum atomic E-state index is 12.7. The lowest BCUT2D eigenvalue weighted by molar-refractivity contribution is -0.158. The lowest BCUT2D eigenvalue weighted by atomic mass is 10.0. The monoisotopic (exact) mass is 387 g/mol. The lowest BCUT2D eigenvalue weighted by Crippen LogP contribution is -2.59. The number of hydrogen-bond donors (Lipinski definition) is 0. The highest BCUT2D eigenvalue weighted by atomic mass is 16.6. The van der Waals surface area contributed by atoms with E-state index in [4.69, 9.17) is 4.74 Å². The largest absolute Gasteiger partial charge is 0.444 e. The molecule has 1 aromatic rings. The number of likely N-dealkylation sites (tertiary alicyclic amines) is 1. The van der Waals surface area contributed by atoms with Crippen LogP contribution in [0.2, 0.25) is 0 Å². The smallest absolute Gasteiger partial charge is 0.410 e. The normalized spacial score (nSPS) is 19.2. The standard InChI is InChI=1S/C21H29N3O4/c1-21(2,3)28-20(27)22-11-9-17(10-12-22)24-14-13-23(18(25)19(24)26)15-16-7-5-4-6-8-16/h4-8,17H,9-15H2,1-3H3. The third-order valence-electron chi connectivity index (χ3n) is 5.12. The van der Waals surface area contributed by atoms with Crippen molar-refractivity contribution in [3.05, 3.63) is 35.9 Å². The quantitative estimate of drug-likeness (QED) is 0.746. The van der Waals surface area contributed by atoms with Crippen molar-refractivity contribution in [2.24, 2.45) is 0 Å². The Kier molecular flexibility index (Phi) is 5.91. The molecular weight excluding hydrogens is 358 g/mol. The fourth-order valence-corrected chi connectivity index (χ4v) is 3.68. The van der Waals surface area contributed by atoms with Gasteiger partial charge in [-0.2, -0.15) is 0 Å². The molecule has 0 N–H and O–H groups in total. The second kappa shape index (κ2) is 8.20. The Hall–Kier alpha value is -2.57. The number of hydrogen-bond acceptors (Lipinski definition) is 4. The molecule has 2 heterocycles. The molecule has 2 saturated heterocycles. The van der Waals surface area contributed by atoms with E-state index in [1.807, 2.05) is 51.1 Å². The summed E-state index contributed by atoms with van der Waals surface area (Å²) >= 11 is 0. The van der Waals surface area contributed by atoms with Gasteiger partial charge in [0.05, 0.1) is 0 Å². The van der Waals surface area contributed by atoms with Crippen LogP contribution < -0.4 is 0 Å². The van der Waals surface area contributed by atoms with Crippen molar-refractivity contribution in [3.8, 4) is 0 Å². The Bertz CT molecular complexity index is 721. The second-order valence-electron chi connectivity index (χ2n) is 8.41. The highest BCUT2D eigenvalue weighted by molar-refractivity contribution is 6.35. The number of benzene rings is 1. The third kappa shape index (κ3) is 4.82. The maximum absolute atomic E-state index is 12.7. The first-order valence-electron chi connectivity index (χ1n) is 9.86. The molecule has 1 aromatic carbocycles. The molecule has 0 atom stereocenters. The van der Waals surface area contributed by atoms with Crippen molar-refractivity contribution in [3.63, 3.8) is 0 Å². The van der Waals surface area contributed by atoms with E-state index in [2.05, 4.69) is 0 Å². The molecule has 7 heteroatoms. The van der Waals surface area contributed by atoms with Gasteiger partial charge in [0, 0.05) is 38.8 Å². The van der Waals surface area contributed by atoms with Crippen LogP contribution in [0.4, 0.5) is 4.79 Å². The molecule has 0 radical (unpaired) electrons. The first kappa shape index (κ1) is 20.2. The number of amides is 3. The van der Waals surface area contributed by atoms with Gasteiger partial charge in [-0.15, -0.1) is 0 Å². The number of ether oxygens (including phenoxy) is 1. The summed E-state index contributed by atoms with van der Waals surface area (Å²) in [6.07, 6.45) is 1.01. The molecule has 0 unspecified atom stereocenters. The number of rotatable bonds is 3. The highest BCUT2D eigenvalue weighted by Gasteiger charge is 2.38. The van der Waals surface area contributed by atoms with E-state index >= 15 is 0 Å². The predicted octanol–water partition coefficient (Wildman–Crippen LogP) is 2.26. The van der Waals surface area contributed by atoms with Gasteiger partial charge in [-0.3, -0.25) is 9.59 Å². The van der Waals surface area contributed by atoms with Crippen molar-refractivity contribution >= 4 is 17.9 Å². The maximum Gasteiger partial charge on any atom is 0.410 e. The number of carbonyl (C=O) groups excluding carboxylic acids is 3. The topological polar surface area (TPSA) is 70.2 Å². The summed E-state index contributed by atoms with van der Waals surface area (Å²) in [7, 11) is 0. The molecule has 2 aliphatic heterocycles. The van der Waals surface area contributed by atoms with Gasteiger partial charge in [0.1, 0.15) is 5.60 Å². The first-order chi connectivity index (χ1) is 13.2. The van der Waals surface area contributed by atoms with Crippen LogP contribution in [0.15, 0.2) is 30.3 Å². The van der Waals surface area contributed by atoms with Crippen LogP contribution in [0.1, 0.15) is 39.2 Å². The van der Waals surface area contributed by atoms with Crippen LogP contribution >= 0.6 is 0 Å². The van der Waals surface area contributed by atoms with E-state index in [0.29, 0.717) is 45.6 Å². The van der Waals surface area contributed by atoms with Crippen molar-refractivity contribution in [2.45, 2.75) is 51.8 Å². The first-order valence-corrected chi connectivity index (χ1v) is 9.86. The van der Waals surface area contributed by atoms with E-state index in [0.717, 1.165) is 5.56 Å². The molecule has 2 aliphatic rings. The van der Waals surface area contributed by atoms with Gasteiger partial charge in [-0.05, 0) is 39.2 Å². The highest BCUT2D eigenvalue weighted by Crippen LogP contribution is 2.22. The van der Waals surface area contributed by atoms with E-state index in [9.17, 15) is 14.4 Å². The van der Waals surface area contributed by atoms with Crippen molar-refractivity contribution in [1.82, 2.24) is 14.7 Å². The van der Waals surface area contributed by atoms with Gasteiger partial charge < -0.3 is 19.4 Å². The molecule has 0 aliphatic carbocycles. The summed E-state index contributed by atoms with van der Waals surface area (Å²) in [5, 5.41) is 0. The van der Waals surface area contributed by atoms with Crippen LogP contribution in [-0.2, 0) is 20.9 Å². The summed E-state index contributed by atoms with van der Waals surface area (Å²) < 4.78 is 5.41. The number of piperidine rings is 1. The fourth-order valence-electron chi connectivity index (χ4n) is 3.68. The molecule has 3 amide bonds. The van der Waals surface area contributed by atoms with Gasteiger partial charge in [0.15, 0.2) is 0 Å². The van der Waals surface area contributed by atoms with Crippen LogP contribution in [-0.4, -0.2) is 70.4 Å². The molecular formula is C21H29N3O4. The molecule has 0 saturated carbocycles. The zero-order valence-electron chi connectivity index (χ0n) is 16.9. The third-order valence-corrected chi connectivity index (χ3v) is 5.12. The molecule has 0 aromatic heterocycles. The molecule has 2 fully saturated rings. The lowest BCUT2D eigenvalue weighted by Gasteiger charge is -2.42. The Morgan fingerprint density at radius 3 is 2.25 bits per heavy atom. The Balaban J connectivity index is 1.53. The van der Waals surface area contributed by atoms with Gasteiger partial charge in [0.25, 0.3) is 0 Å². The number of piperazine rings is 1. The minimum Gasteiger partial charge on any atom is -0.444 e. The van der Waals surface area contributed by atoms with Crippen LogP contribution in [0.5, 0.6) is 0 Å². The summed E-state index contributed by atoms with van der Waals surface area (Å²) in [5.74, 6) is -0.873. The Morgan fingerprint density at radius 2 is 1.64 bits per heavy atom. The molecule has 0 bridgehead atoms. The van der Waals surface area contributed by atoms with Crippen LogP contribution in [0, 0.1) is 0 Å². The number of nitrogens with zero attached hydrogens (tertiary/aromatic N) is 3. The molecule has 0 spiro atoms. The zero-order valence-corrected chi connectivity index (χ0v) is 16.9. The van der Waals surface area contributed by atoms with Gasteiger partial charge >= 0.3 is 17.9 Å². The summed E-state index contributed by atoms with van der Waals surface area (Å²) in [4.78, 5) is 42.4. The SMILES string of the molecule is CC(C)(C)OC(=O)N1CCC(N2CCN(Cc3ccccc3)C(=O)C2=O)CC1. The molecule has 3 rings (SSSR count). The van der Waals surface area contributed by atoms with Gasteiger partial charge in [-0.25, -0.2) is 4.79 Å². The van der Waals surface area contributed by atoms with Gasteiger partial charge in [-0.1, -0.05) is 30.3 Å². The second-order valence-corrected chi connectivity index (χ2v) is 8.41. The van der Waals surface area contributed by atoms with E-state index in [1.165, 1.54) is 0 Å². The Labute approximate surface area is 166 Å². The summed E-state index contributed by atoms with van der Waals surface area (Å²) in [6.45, 7) is 8.12. The zero-order chi connectivity index (χ0) is 20.3. The average molecular weight is 387 g/mol. The van der Waals surface area contributed by atoms with Crippen LogP contribution in [0.25, 0.3) is 0 Å². The van der Waals surface area contributed by atoms with E-state index in [1.54, 1.807) is 14.7 Å². The van der Waals surface area contributed by atoms with E-state index < -0.39 is 17.4 Å². The predicted molar refractivity (Wildman–Crippen MR) is 104 cm³/mol. The average Bonchev–Trinajstić information content (AvgIpc) is 2.65. The van der Waals surface area contributed by atoms with E-state index in [-0.39, 0.29) is 12.1 Å². The van der Waals surface area contributed by atoms with Crippen molar-refractivity contribution < 1.29 is 19.1 Å². The molecule has 7 nitrogen and oxygen atoms in total. The van der Waals surface area contributed by atoms with Crippen molar-refractivity contribution in [2.75, 3.05) is 26.2 Å². The van der Waals surface area contributed by atoms with Gasteiger partial charge in [0.2, 0.25) is 0 Å². The summed E-state index contributed by atoms with van der Waals surface area (Å²) in [6, 6.07) is 9.69. The van der Waals surface area contributed by atoms with Crippen molar-refractivity contribution in [1.29, 1.82) is 0 Å². The number of carbonyl (C=O) groups is 3. The minimum absolute atomic E-state index is 0.00554. The summed E-state index contributed by atoms with van der Waals surface area (Å²) in [5.41, 5.74) is 0.494. The van der Waals surface area contributed by atoms with Crippen LogP contribution in [0.3, 0.4) is 0 Å². The Morgan fingerprint density at radius 1 is 1.00 bits per heavy atom. The molecule has 28 heavy (non-hydrogen) atoms. The fraction of sp³-hybridized carbons (Fsp3) is 0.571. The molecule has 152 valence electrons.